The predicted molar refractivity (Wildman–Crippen MR) is 166 cm³/mol. The molecule has 1 aliphatic carbocycles. The average Bonchev–Trinajstić information content (AvgIpc) is 3.36. The molecule has 0 amide bonds. The Balaban J connectivity index is 1.57. The van der Waals surface area contributed by atoms with Gasteiger partial charge in [-0.1, -0.05) is 90.5 Å². The maximum Gasteiger partial charge on any atom is 0.283 e. The second-order valence-corrected chi connectivity index (χ2v) is 12.4. The first-order valence-electron chi connectivity index (χ1n) is 13.6. The fraction of sp³-hybridized carbons (Fsp3) is 0.147. The van der Waals surface area contributed by atoms with E-state index in [0.717, 1.165) is 33.6 Å². The first-order chi connectivity index (χ1) is 19.8. The van der Waals surface area contributed by atoms with Crippen LogP contribution in [0.15, 0.2) is 120 Å². The largest absolute Gasteiger partial charge is 0.378 e. The van der Waals surface area contributed by atoms with Crippen LogP contribution in [0.5, 0.6) is 0 Å². The molecule has 1 atom stereocenters. The molecule has 6 rings (SSSR count). The van der Waals surface area contributed by atoms with Gasteiger partial charge in [0, 0.05) is 42.9 Å². The number of hydrogen-bond donors (Lipinski definition) is 1. The fourth-order valence-electron chi connectivity index (χ4n) is 5.45. The van der Waals surface area contributed by atoms with E-state index in [4.69, 9.17) is 5.10 Å². The van der Waals surface area contributed by atoms with Crippen molar-refractivity contribution in [2.45, 2.75) is 23.7 Å². The van der Waals surface area contributed by atoms with Crippen LogP contribution in [0.1, 0.15) is 27.9 Å². The first kappa shape index (κ1) is 26.6. The molecule has 206 valence electrons. The molecule has 7 heteroatoms. The van der Waals surface area contributed by atoms with Gasteiger partial charge in [0.15, 0.2) is 5.82 Å². The van der Waals surface area contributed by atoms with Crippen LogP contribution in [-0.2, 0) is 21.9 Å². The molecule has 4 aromatic carbocycles. The van der Waals surface area contributed by atoms with E-state index < -0.39 is 15.4 Å². The third kappa shape index (κ3) is 4.83. The molecule has 1 unspecified atom stereocenters. The van der Waals surface area contributed by atoms with E-state index in [1.165, 1.54) is 4.09 Å². The lowest BCUT2D eigenvalue weighted by Crippen LogP contribution is -2.33. The van der Waals surface area contributed by atoms with E-state index >= 15 is 0 Å². The Labute approximate surface area is 241 Å². The van der Waals surface area contributed by atoms with Crippen molar-refractivity contribution < 1.29 is 8.42 Å². The van der Waals surface area contributed by atoms with E-state index in [2.05, 4.69) is 52.7 Å². The summed E-state index contributed by atoms with van der Waals surface area (Å²) in [5.41, 5.74) is 5.84. The molecular weight excluding hydrogens is 528 g/mol. The number of benzene rings is 4. The molecule has 5 aromatic rings. The highest BCUT2D eigenvalue weighted by atomic mass is 32.2. The molecule has 1 N–H and O–H groups in total. The Bertz CT molecular complexity index is 1830. The highest BCUT2D eigenvalue weighted by molar-refractivity contribution is 7.89. The highest BCUT2D eigenvalue weighted by Gasteiger charge is 2.40. The van der Waals surface area contributed by atoms with Crippen molar-refractivity contribution in [2.24, 2.45) is 0 Å². The number of hydrogen-bond acceptors (Lipinski definition) is 5. The second-order valence-electron chi connectivity index (χ2n) is 10.7. The summed E-state index contributed by atoms with van der Waals surface area (Å²) in [6, 6.07) is 35.3. The number of aryl methyl sites for hydroxylation is 1. The van der Waals surface area contributed by atoms with Crippen molar-refractivity contribution >= 4 is 33.3 Å². The summed E-state index contributed by atoms with van der Waals surface area (Å²) in [6.45, 7) is 1.94. The van der Waals surface area contributed by atoms with Crippen LogP contribution in [0.3, 0.4) is 0 Å². The zero-order valence-corrected chi connectivity index (χ0v) is 24.1. The zero-order valence-electron chi connectivity index (χ0n) is 23.3. The summed E-state index contributed by atoms with van der Waals surface area (Å²) >= 11 is 0. The third-order valence-corrected chi connectivity index (χ3v) is 9.34. The van der Waals surface area contributed by atoms with Gasteiger partial charge in [0.1, 0.15) is 0 Å². The molecule has 0 radical (unpaired) electrons. The highest BCUT2D eigenvalue weighted by Crippen LogP contribution is 2.44. The van der Waals surface area contributed by atoms with Crippen molar-refractivity contribution in [2.75, 3.05) is 24.3 Å². The topological polar surface area (TPSA) is 67.2 Å². The summed E-state index contributed by atoms with van der Waals surface area (Å²) < 4.78 is 29.5. The summed E-state index contributed by atoms with van der Waals surface area (Å²) in [5.74, 6) is 0.502. The van der Waals surface area contributed by atoms with Gasteiger partial charge >= 0.3 is 0 Å². The van der Waals surface area contributed by atoms with Crippen molar-refractivity contribution in [1.29, 1.82) is 0 Å². The van der Waals surface area contributed by atoms with E-state index in [1.807, 2.05) is 87.8 Å². The molecule has 0 spiro atoms. The zero-order chi connectivity index (χ0) is 28.6. The molecule has 1 aliphatic rings. The van der Waals surface area contributed by atoms with Crippen molar-refractivity contribution in [3.05, 3.63) is 143 Å². The van der Waals surface area contributed by atoms with Crippen LogP contribution in [0.2, 0.25) is 0 Å². The summed E-state index contributed by atoms with van der Waals surface area (Å²) in [6.07, 6.45) is 4.63. The van der Waals surface area contributed by atoms with Gasteiger partial charge in [-0.05, 0) is 54.4 Å². The maximum atomic E-state index is 14.2. The number of nitrogens with zero attached hydrogens (tertiary/aromatic N) is 3. The lowest BCUT2D eigenvalue weighted by molar-refractivity contribution is 0.565. The number of aromatic nitrogens is 2. The Morgan fingerprint density at radius 2 is 1.49 bits per heavy atom. The van der Waals surface area contributed by atoms with Gasteiger partial charge in [-0.15, -0.1) is 5.10 Å². The van der Waals surface area contributed by atoms with Crippen LogP contribution in [-0.4, -0.2) is 31.7 Å². The molecular formula is C34H32N4O2S. The molecule has 1 heterocycles. The molecule has 0 saturated heterocycles. The van der Waals surface area contributed by atoms with Crippen molar-refractivity contribution in [3.63, 3.8) is 0 Å². The number of rotatable bonds is 7. The quantitative estimate of drug-likeness (QED) is 0.237. The number of anilines is 3. The molecule has 0 aliphatic heterocycles. The Morgan fingerprint density at radius 1 is 0.829 bits per heavy atom. The molecule has 0 saturated carbocycles. The van der Waals surface area contributed by atoms with Crippen molar-refractivity contribution in [1.82, 2.24) is 9.19 Å². The maximum absolute atomic E-state index is 14.2. The Hall–Kier alpha value is -4.62. The monoisotopic (exact) mass is 560 g/mol. The molecule has 1 aromatic heterocycles. The number of allylic oxidation sites excluding steroid dienone is 1. The number of nitrogens with one attached hydrogen (secondary N) is 1. The minimum atomic E-state index is -3.98. The van der Waals surface area contributed by atoms with Gasteiger partial charge < -0.3 is 10.2 Å². The molecule has 0 fully saturated rings. The van der Waals surface area contributed by atoms with Crippen LogP contribution >= 0.6 is 0 Å². The molecule has 41 heavy (non-hydrogen) atoms. The van der Waals surface area contributed by atoms with Gasteiger partial charge in [0.2, 0.25) is 0 Å². The van der Waals surface area contributed by atoms with E-state index in [-0.39, 0.29) is 4.90 Å². The second kappa shape index (κ2) is 10.4. The normalized spacial score (nSPS) is 16.3. The smallest absolute Gasteiger partial charge is 0.283 e. The number of para-hydroxylation sites is 1. The average molecular weight is 561 g/mol. The van der Waals surface area contributed by atoms with E-state index in [0.29, 0.717) is 17.9 Å². The minimum absolute atomic E-state index is 0.203. The summed E-state index contributed by atoms with van der Waals surface area (Å²) in [5, 5.41) is 8.08. The Morgan fingerprint density at radius 3 is 2.17 bits per heavy atom. The lowest BCUT2D eigenvalue weighted by Gasteiger charge is -2.35. The lowest BCUT2D eigenvalue weighted by atomic mass is 9.68. The fourth-order valence-corrected chi connectivity index (χ4v) is 6.77. The predicted octanol–water partition coefficient (Wildman–Crippen LogP) is 6.79. The van der Waals surface area contributed by atoms with Gasteiger partial charge in [0.25, 0.3) is 10.0 Å². The van der Waals surface area contributed by atoms with Crippen LogP contribution in [0.4, 0.5) is 17.2 Å². The van der Waals surface area contributed by atoms with Gasteiger partial charge in [-0.3, -0.25) is 0 Å². The molecule has 6 nitrogen and oxygen atoms in total. The Kier molecular flexibility index (Phi) is 6.75. The SMILES string of the molecule is Cc1ccc(S(=O)(=O)n2nc(Nc3ccccc3)c3c2CC(c2ccccc2)(c2cccc(N(C)C)c2)C=C3)cc1. The van der Waals surface area contributed by atoms with Crippen molar-refractivity contribution in [3.8, 4) is 0 Å². The van der Waals surface area contributed by atoms with E-state index in [1.54, 1.807) is 12.1 Å². The first-order valence-corrected chi connectivity index (χ1v) is 15.0. The molecule has 0 bridgehead atoms. The minimum Gasteiger partial charge on any atom is -0.378 e. The summed E-state index contributed by atoms with van der Waals surface area (Å²) in [4.78, 5) is 2.28. The number of fused-ring (bicyclic) bond motifs is 1. The standard InChI is InChI=1S/C34H32N4O2S/c1-25-17-19-30(20-18-25)41(39,40)38-32-24-34(26-11-6-4-7-12-26,27-13-10-16-29(23-27)37(2)3)22-21-31(32)33(36-38)35-28-14-8-5-9-15-28/h4-23H,24H2,1-3H3,(H,35,36). The van der Waals surface area contributed by atoms with Gasteiger partial charge in [0.05, 0.1) is 10.6 Å². The van der Waals surface area contributed by atoms with Crippen LogP contribution < -0.4 is 10.2 Å². The van der Waals surface area contributed by atoms with E-state index in [9.17, 15) is 8.42 Å². The summed E-state index contributed by atoms with van der Waals surface area (Å²) in [7, 11) is 0.0620. The van der Waals surface area contributed by atoms with Gasteiger partial charge in [-0.25, -0.2) is 0 Å². The third-order valence-electron chi connectivity index (χ3n) is 7.72. The van der Waals surface area contributed by atoms with Gasteiger partial charge in [-0.2, -0.15) is 12.5 Å². The van der Waals surface area contributed by atoms with Crippen LogP contribution in [0, 0.1) is 6.92 Å². The van der Waals surface area contributed by atoms with Crippen LogP contribution in [0.25, 0.3) is 6.08 Å².